The molecule has 0 saturated heterocycles. The van der Waals surface area contributed by atoms with Crippen LogP contribution in [0.5, 0.6) is 0 Å². The van der Waals surface area contributed by atoms with Crippen LogP contribution >= 0.6 is 0 Å². The lowest BCUT2D eigenvalue weighted by molar-refractivity contribution is 0.0701. The van der Waals surface area contributed by atoms with Crippen molar-refractivity contribution < 1.29 is 15.4 Å². The Morgan fingerprint density at radius 3 is 1.78 bits per heavy atom. The third-order valence-corrected chi connectivity index (χ3v) is 2.80. The number of hydrogen-bond donors (Lipinski definition) is 1. The van der Waals surface area contributed by atoms with Crippen molar-refractivity contribution in [3.05, 3.63) is 54.1 Å². The quantitative estimate of drug-likeness (QED) is 0.663. The summed E-state index contributed by atoms with van der Waals surface area (Å²) in [6.07, 6.45) is 0. The van der Waals surface area contributed by atoms with Crippen molar-refractivity contribution in [2.24, 2.45) is 0 Å². The van der Waals surface area contributed by atoms with Gasteiger partial charge in [-0.25, -0.2) is 9.78 Å². The first kappa shape index (κ1) is 12.0. The van der Waals surface area contributed by atoms with Gasteiger partial charge in [-0.2, -0.15) is 0 Å². The second kappa shape index (κ2) is 4.43. The summed E-state index contributed by atoms with van der Waals surface area (Å²) < 4.78 is 0. The molecule has 4 nitrogen and oxygen atoms in total. The van der Waals surface area contributed by atoms with E-state index in [4.69, 9.17) is 0 Å². The first-order valence-corrected chi connectivity index (χ1v) is 5.28. The van der Waals surface area contributed by atoms with Gasteiger partial charge in [0.25, 0.3) is 0 Å². The van der Waals surface area contributed by atoms with Crippen LogP contribution in [0.15, 0.2) is 48.5 Å². The van der Waals surface area contributed by atoms with E-state index in [9.17, 15) is 9.90 Å². The van der Waals surface area contributed by atoms with Crippen molar-refractivity contribution in [1.82, 2.24) is 4.98 Å². The number of aromatic carboxylic acids is 1. The minimum Gasteiger partial charge on any atom is -0.478 e. The van der Waals surface area contributed by atoms with Crippen molar-refractivity contribution in [3.63, 3.8) is 0 Å². The monoisotopic (exact) mass is 241 g/mol. The fourth-order valence-corrected chi connectivity index (χ4v) is 2.07. The summed E-state index contributed by atoms with van der Waals surface area (Å²) in [7, 11) is 0. The van der Waals surface area contributed by atoms with Crippen LogP contribution in [0.3, 0.4) is 0 Å². The van der Waals surface area contributed by atoms with Crippen molar-refractivity contribution in [2.45, 2.75) is 0 Å². The first-order chi connectivity index (χ1) is 8.27. The van der Waals surface area contributed by atoms with Gasteiger partial charge in [0.2, 0.25) is 0 Å². The highest BCUT2D eigenvalue weighted by atomic mass is 16.4. The van der Waals surface area contributed by atoms with Gasteiger partial charge in [0.1, 0.15) is 0 Å². The highest BCUT2D eigenvalue weighted by Crippen LogP contribution is 2.25. The molecule has 1 aromatic heterocycles. The fraction of sp³-hybridized carbons (Fsp3) is 0. The number of benzene rings is 2. The second-order valence-electron chi connectivity index (χ2n) is 3.83. The van der Waals surface area contributed by atoms with Crippen LogP contribution in [0.4, 0.5) is 0 Å². The van der Waals surface area contributed by atoms with Gasteiger partial charge in [-0.1, -0.05) is 36.4 Å². The fourth-order valence-electron chi connectivity index (χ4n) is 2.07. The van der Waals surface area contributed by atoms with Gasteiger partial charge in [-0.05, 0) is 12.1 Å². The maximum absolute atomic E-state index is 11.4. The third-order valence-electron chi connectivity index (χ3n) is 2.80. The molecule has 0 bridgehead atoms. The van der Waals surface area contributed by atoms with E-state index in [0.29, 0.717) is 27.4 Å². The number of carboxylic acid groups (broad SMARTS) is 1. The van der Waals surface area contributed by atoms with Crippen LogP contribution in [-0.4, -0.2) is 21.5 Å². The molecule has 0 fully saturated rings. The van der Waals surface area contributed by atoms with E-state index in [-0.39, 0.29) is 5.48 Å². The smallest absolute Gasteiger partial charge is 0.337 e. The summed E-state index contributed by atoms with van der Waals surface area (Å²) in [5, 5.41) is 10.7. The number of rotatable bonds is 1. The molecule has 0 unspecified atom stereocenters. The van der Waals surface area contributed by atoms with Crippen molar-refractivity contribution in [2.75, 3.05) is 0 Å². The zero-order chi connectivity index (χ0) is 11.8. The van der Waals surface area contributed by atoms with Crippen molar-refractivity contribution >= 4 is 27.8 Å². The maximum Gasteiger partial charge on any atom is 0.337 e. The molecule has 0 spiro atoms. The molecule has 4 heteroatoms. The number of carbonyl (C=O) groups is 1. The van der Waals surface area contributed by atoms with E-state index in [1.807, 2.05) is 36.4 Å². The molecule has 3 aromatic rings. The van der Waals surface area contributed by atoms with Crippen molar-refractivity contribution in [3.8, 4) is 0 Å². The summed E-state index contributed by atoms with van der Waals surface area (Å²) >= 11 is 0. The Bertz CT molecular complexity index is 683. The van der Waals surface area contributed by atoms with E-state index < -0.39 is 5.97 Å². The average Bonchev–Trinajstić information content (AvgIpc) is 2.35. The summed E-state index contributed by atoms with van der Waals surface area (Å²) in [4.78, 5) is 15.9. The van der Waals surface area contributed by atoms with E-state index in [1.54, 1.807) is 12.1 Å². The molecule has 0 amide bonds. The van der Waals surface area contributed by atoms with E-state index in [0.717, 1.165) is 0 Å². The summed E-state index contributed by atoms with van der Waals surface area (Å²) in [6, 6.07) is 14.6. The topological polar surface area (TPSA) is 81.7 Å². The number of para-hydroxylation sites is 2. The first-order valence-electron chi connectivity index (χ1n) is 5.28. The number of pyridine rings is 1. The maximum atomic E-state index is 11.4. The molecule has 0 aliphatic carbocycles. The molecule has 0 saturated carbocycles. The average molecular weight is 241 g/mol. The lowest BCUT2D eigenvalue weighted by atomic mass is 10.0. The van der Waals surface area contributed by atoms with Gasteiger partial charge in [0.05, 0.1) is 16.6 Å². The minimum absolute atomic E-state index is 0. The Balaban J connectivity index is 0.00000120. The van der Waals surface area contributed by atoms with Gasteiger partial charge in [0.15, 0.2) is 0 Å². The van der Waals surface area contributed by atoms with Crippen molar-refractivity contribution in [1.29, 1.82) is 0 Å². The minimum atomic E-state index is -0.917. The lowest BCUT2D eigenvalue weighted by Gasteiger charge is -2.06. The number of aromatic nitrogens is 1. The largest absolute Gasteiger partial charge is 0.478 e. The summed E-state index contributed by atoms with van der Waals surface area (Å²) in [5.74, 6) is -0.917. The molecule has 0 radical (unpaired) electrons. The molecular weight excluding hydrogens is 230 g/mol. The molecule has 18 heavy (non-hydrogen) atoms. The molecule has 2 aromatic carbocycles. The Kier molecular flexibility index (Phi) is 2.95. The lowest BCUT2D eigenvalue weighted by Crippen LogP contribution is -2.00. The molecule has 3 rings (SSSR count). The molecule has 3 N–H and O–H groups in total. The highest BCUT2D eigenvalue weighted by Gasteiger charge is 2.13. The van der Waals surface area contributed by atoms with Gasteiger partial charge in [0, 0.05) is 10.8 Å². The second-order valence-corrected chi connectivity index (χ2v) is 3.83. The normalized spacial score (nSPS) is 10.2. The zero-order valence-electron chi connectivity index (χ0n) is 9.42. The number of hydrogen-bond acceptors (Lipinski definition) is 2. The Hall–Kier alpha value is -2.46. The SMILES string of the molecule is O.O=C(O)c1c2ccccc2nc2ccccc12. The van der Waals surface area contributed by atoms with Crippen LogP contribution in [0.2, 0.25) is 0 Å². The Morgan fingerprint density at radius 1 is 0.889 bits per heavy atom. The van der Waals surface area contributed by atoms with Crippen LogP contribution < -0.4 is 0 Å². The standard InChI is InChI=1S/C14H9NO2.H2O/c16-14(17)13-9-5-1-3-7-11(9)15-12-8-4-2-6-10(12)13;/h1-8H,(H,16,17);1H2. The summed E-state index contributed by atoms with van der Waals surface area (Å²) in [6.45, 7) is 0. The number of fused-ring (bicyclic) bond motifs is 2. The Morgan fingerprint density at radius 2 is 1.33 bits per heavy atom. The predicted octanol–water partition coefficient (Wildman–Crippen LogP) is 2.26. The zero-order valence-corrected chi connectivity index (χ0v) is 9.42. The third kappa shape index (κ3) is 1.69. The van der Waals surface area contributed by atoms with Gasteiger partial charge in [-0.15, -0.1) is 0 Å². The highest BCUT2D eigenvalue weighted by molar-refractivity contribution is 6.13. The van der Waals surface area contributed by atoms with Gasteiger partial charge < -0.3 is 10.6 Å². The van der Waals surface area contributed by atoms with E-state index >= 15 is 0 Å². The van der Waals surface area contributed by atoms with Crippen LogP contribution in [0.1, 0.15) is 10.4 Å². The Labute approximate surface area is 103 Å². The van der Waals surface area contributed by atoms with Crippen LogP contribution in [0, 0.1) is 0 Å². The van der Waals surface area contributed by atoms with Gasteiger partial charge in [-0.3, -0.25) is 0 Å². The van der Waals surface area contributed by atoms with E-state index in [1.165, 1.54) is 0 Å². The number of carboxylic acids is 1. The molecular formula is C14H11NO3. The predicted molar refractivity (Wildman–Crippen MR) is 69.8 cm³/mol. The van der Waals surface area contributed by atoms with Gasteiger partial charge >= 0.3 is 5.97 Å². The molecule has 0 aliphatic heterocycles. The molecule has 0 aliphatic rings. The van der Waals surface area contributed by atoms with Crippen LogP contribution in [-0.2, 0) is 0 Å². The van der Waals surface area contributed by atoms with E-state index in [2.05, 4.69) is 4.98 Å². The summed E-state index contributed by atoms with van der Waals surface area (Å²) in [5.41, 5.74) is 1.75. The number of nitrogens with zero attached hydrogens (tertiary/aromatic N) is 1. The van der Waals surface area contributed by atoms with Crippen LogP contribution in [0.25, 0.3) is 21.8 Å². The molecule has 90 valence electrons. The molecule has 1 heterocycles. The molecule has 0 atom stereocenters.